The molecule has 20 heavy (non-hydrogen) atoms. The van der Waals surface area contributed by atoms with Gasteiger partial charge in [0.25, 0.3) is 0 Å². The quantitative estimate of drug-likeness (QED) is 0.696. The lowest BCUT2D eigenvalue weighted by Crippen LogP contribution is -2.05. The molecule has 7 heteroatoms. The van der Waals surface area contributed by atoms with Crippen molar-refractivity contribution in [2.24, 2.45) is 0 Å². The van der Waals surface area contributed by atoms with Gasteiger partial charge < -0.3 is 10.6 Å². The maximum Gasteiger partial charge on any atom is 0.150 e. The van der Waals surface area contributed by atoms with Crippen molar-refractivity contribution in [1.29, 1.82) is 0 Å². The van der Waals surface area contributed by atoms with Crippen LogP contribution in [-0.2, 0) is 0 Å². The first-order valence-electron chi connectivity index (χ1n) is 6.08. The molecule has 0 saturated heterocycles. The van der Waals surface area contributed by atoms with E-state index in [9.17, 15) is 0 Å². The van der Waals surface area contributed by atoms with Gasteiger partial charge in [0, 0.05) is 11.0 Å². The second kappa shape index (κ2) is 7.24. The minimum Gasteiger partial charge on any atom is -0.369 e. The van der Waals surface area contributed by atoms with Crippen LogP contribution in [0.1, 0.15) is 13.3 Å². The Hall–Kier alpha value is -0.850. The van der Waals surface area contributed by atoms with E-state index < -0.39 is 0 Å². The van der Waals surface area contributed by atoms with E-state index >= 15 is 0 Å². The van der Waals surface area contributed by atoms with Crippen LogP contribution in [-0.4, -0.2) is 16.5 Å². The van der Waals surface area contributed by atoms with Crippen molar-refractivity contribution in [3.63, 3.8) is 0 Å². The number of hydrogen-bond acceptors (Lipinski definition) is 4. The second-order valence-corrected chi connectivity index (χ2v) is 6.18. The zero-order valence-electron chi connectivity index (χ0n) is 10.8. The fourth-order valence-electron chi connectivity index (χ4n) is 1.54. The van der Waals surface area contributed by atoms with E-state index in [1.165, 1.54) is 6.33 Å². The summed E-state index contributed by atoms with van der Waals surface area (Å²) in [5, 5.41) is 7.05. The average molecular weight is 421 g/mol. The molecule has 2 N–H and O–H groups in total. The molecule has 4 nitrogen and oxygen atoms in total. The molecule has 1 aromatic heterocycles. The third-order valence-electron chi connectivity index (χ3n) is 2.52. The monoisotopic (exact) mass is 418 g/mol. The highest BCUT2D eigenvalue weighted by Gasteiger charge is 2.10. The van der Waals surface area contributed by atoms with Crippen LogP contribution in [0.5, 0.6) is 0 Å². The van der Waals surface area contributed by atoms with E-state index in [2.05, 4.69) is 59.4 Å². The number of benzene rings is 1. The predicted octanol–water partition coefficient (Wildman–Crippen LogP) is 5.22. The molecule has 106 valence electrons. The Morgan fingerprint density at radius 1 is 1.20 bits per heavy atom. The number of halogens is 3. The van der Waals surface area contributed by atoms with Crippen LogP contribution in [0.15, 0.2) is 33.5 Å². The van der Waals surface area contributed by atoms with Gasteiger partial charge in [-0.25, -0.2) is 9.97 Å². The summed E-state index contributed by atoms with van der Waals surface area (Å²) in [4.78, 5) is 8.43. The molecule has 0 spiro atoms. The first kappa shape index (κ1) is 15.5. The van der Waals surface area contributed by atoms with Gasteiger partial charge >= 0.3 is 0 Å². The van der Waals surface area contributed by atoms with E-state index in [0.29, 0.717) is 10.8 Å². The van der Waals surface area contributed by atoms with Crippen molar-refractivity contribution < 1.29 is 0 Å². The normalized spacial score (nSPS) is 10.4. The first-order valence-corrected chi connectivity index (χ1v) is 8.04. The molecular weight excluding hydrogens is 407 g/mol. The summed E-state index contributed by atoms with van der Waals surface area (Å²) in [6, 6.07) is 5.63. The summed E-state index contributed by atoms with van der Waals surface area (Å²) in [6.45, 7) is 2.96. The van der Waals surface area contributed by atoms with E-state index in [1.807, 2.05) is 18.2 Å². The van der Waals surface area contributed by atoms with Gasteiger partial charge in [0.05, 0.1) is 10.7 Å². The third-order valence-corrected chi connectivity index (χ3v) is 4.07. The van der Waals surface area contributed by atoms with E-state index in [4.69, 9.17) is 11.6 Å². The molecule has 0 atom stereocenters. The Balaban J connectivity index is 2.24. The fourth-order valence-corrected chi connectivity index (χ4v) is 2.71. The molecule has 0 amide bonds. The number of rotatable bonds is 5. The van der Waals surface area contributed by atoms with Crippen LogP contribution in [0.4, 0.5) is 17.3 Å². The van der Waals surface area contributed by atoms with Crippen molar-refractivity contribution in [3.05, 3.63) is 38.5 Å². The largest absolute Gasteiger partial charge is 0.369 e. The minimum atomic E-state index is 0.618. The molecule has 1 heterocycles. The molecule has 0 unspecified atom stereocenters. The Kier molecular flexibility index (Phi) is 5.63. The van der Waals surface area contributed by atoms with Crippen LogP contribution >= 0.6 is 43.5 Å². The van der Waals surface area contributed by atoms with Gasteiger partial charge in [-0.1, -0.05) is 34.5 Å². The molecule has 0 saturated carbocycles. The van der Waals surface area contributed by atoms with Crippen molar-refractivity contribution in [1.82, 2.24) is 9.97 Å². The number of nitrogens with one attached hydrogen (secondary N) is 2. The fraction of sp³-hybridized carbons (Fsp3) is 0.231. The molecule has 2 aromatic rings. The number of anilines is 3. The minimum absolute atomic E-state index is 0.618. The zero-order chi connectivity index (χ0) is 14.5. The van der Waals surface area contributed by atoms with Gasteiger partial charge in [-0.3, -0.25) is 0 Å². The highest BCUT2D eigenvalue weighted by molar-refractivity contribution is 9.11. The number of nitrogens with zero attached hydrogens (tertiary/aromatic N) is 2. The number of aromatic nitrogens is 2. The Morgan fingerprint density at radius 3 is 2.65 bits per heavy atom. The van der Waals surface area contributed by atoms with Crippen molar-refractivity contribution in [3.8, 4) is 0 Å². The average Bonchev–Trinajstić information content (AvgIpc) is 2.42. The maximum absolute atomic E-state index is 6.19. The van der Waals surface area contributed by atoms with Gasteiger partial charge in [0.15, 0.2) is 0 Å². The molecule has 0 aliphatic carbocycles. The summed E-state index contributed by atoms with van der Waals surface area (Å²) < 4.78 is 1.72. The molecule has 1 aromatic carbocycles. The van der Waals surface area contributed by atoms with E-state index in [0.717, 1.165) is 33.4 Å². The Bertz CT molecular complexity index is 607. The van der Waals surface area contributed by atoms with Crippen LogP contribution in [0.3, 0.4) is 0 Å². The first-order chi connectivity index (χ1) is 9.61. The number of hydrogen-bond donors (Lipinski definition) is 2. The molecule has 0 fully saturated rings. The summed E-state index contributed by atoms with van der Waals surface area (Å²) in [5.41, 5.74) is 0.788. The third kappa shape index (κ3) is 3.84. The molecule has 0 radical (unpaired) electrons. The molecule has 0 aliphatic rings. The van der Waals surface area contributed by atoms with Crippen LogP contribution in [0.25, 0.3) is 0 Å². The topological polar surface area (TPSA) is 49.8 Å². The van der Waals surface area contributed by atoms with Crippen LogP contribution in [0.2, 0.25) is 5.02 Å². The lowest BCUT2D eigenvalue weighted by Gasteiger charge is -2.12. The second-order valence-electron chi connectivity index (χ2n) is 4.06. The Morgan fingerprint density at radius 2 is 1.95 bits per heavy atom. The standard InChI is InChI=1S/C13H13Br2ClN4/c1-2-5-17-12-11(15)13(19-7-18-12)20-10-4-3-8(14)6-9(10)16/h3-4,6-7H,2,5H2,1H3,(H2,17,18,19,20). The highest BCUT2D eigenvalue weighted by atomic mass is 79.9. The molecular formula is C13H13Br2ClN4. The van der Waals surface area contributed by atoms with E-state index in [1.54, 1.807) is 0 Å². The summed E-state index contributed by atoms with van der Waals surface area (Å²) in [6.07, 6.45) is 2.54. The van der Waals surface area contributed by atoms with Gasteiger partial charge in [-0.05, 0) is 40.5 Å². The molecule has 2 rings (SSSR count). The Labute approximate surface area is 139 Å². The smallest absolute Gasteiger partial charge is 0.150 e. The lowest BCUT2D eigenvalue weighted by atomic mass is 10.3. The zero-order valence-corrected chi connectivity index (χ0v) is 14.7. The maximum atomic E-state index is 6.19. The summed E-state index contributed by atoms with van der Waals surface area (Å²) >= 11 is 13.1. The summed E-state index contributed by atoms with van der Waals surface area (Å²) in [7, 11) is 0. The van der Waals surface area contributed by atoms with Crippen molar-refractivity contribution in [2.45, 2.75) is 13.3 Å². The highest BCUT2D eigenvalue weighted by Crippen LogP contribution is 2.32. The van der Waals surface area contributed by atoms with Crippen molar-refractivity contribution >= 4 is 60.8 Å². The van der Waals surface area contributed by atoms with Crippen molar-refractivity contribution in [2.75, 3.05) is 17.2 Å². The van der Waals surface area contributed by atoms with Gasteiger partial charge in [0.2, 0.25) is 0 Å². The SMILES string of the molecule is CCCNc1ncnc(Nc2ccc(Br)cc2Cl)c1Br. The van der Waals surface area contributed by atoms with Gasteiger partial charge in [0.1, 0.15) is 22.4 Å². The van der Waals surface area contributed by atoms with E-state index in [-0.39, 0.29) is 0 Å². The van der Waals surface area contributed by atoms with Gasteiger partial charge in [-0.15, -0.1) is 0 Å². The molecule has 0 aliphatic heterocycles. The van der Waals surface area contributed by atoms with Gasteiger partial charge in [-0.2, -0.15) is 0 Å². The van der Waals surface area contributed by atoms with Crippen LogP contribution < -0.4 is 10.6 Å². The summed E-state index contributed by atoms with van der Waals surface area (Å²) in [5.74, 6) is 1.43. The lowest BCUT2D eigenvalue weighted by molar-refractivity contribution is 0.962. The molecule has 0 bridgehead atoms. The van der Waals surface area contributed by atoms with Crippen LogP contribution in [0, 0.1) is 0 Å². The predicted molar refractivity (Wildman–Crippen MR) is 90.9 cm³/mol.